The average molecular weight is 326 g/mol. The van der Waals surface area contributed by atoms with Crippen LogP contribution < -0.4 is 15.0 Å². The van der Waals surface area contributed by atoms with Gasteiger partial charge in [-0.05, 0) is 18.4 Å². The molecule has 1 unspecified atom stereocenters. The number of anilines is 1. The molecule has 2 heterocycles. The van der Waals surface area contributed by atoms with Crippen LogP contribution >= 0.6 is 35.3 Å². The molecule has 3 rings (SSSR count). The molecule has 0 aromatic heterocycles. The predicted octanol–water partition coefficient (Wildman–Crippen LogP) is 2.92. The first-order chi connectivity index (χ1) is 9.63. The van der Waals surface area contributed by atoms with Crippen molar-refractivity contribution in [2.75, 3.05) is 25.3 Å². The molecular formula is C13H14N2O2S3. The van der Waals surface area contributed by atoms with Crippen molar-refractivity contribution in [1.29, 1.82) is 0 Å². The number of methoxy groups -OCH3 is 1. The zero-order valence-corrected chi connectivity index (χ0v) is 13.7. The second-order valence-corrected chi connectivity index (χ2v) is 7.68. The summed E-state index contributed by atoms with van der Waals surface area (Å²) in [6.45, 7) is 0. The topological polar surface area (TPSA) is 41.6 Å². The molecule has 0 bridgehead atoms. The number of amides is 1. The lowest BCUT2D eigenvalue weighted by atomic mass is 10.3. The van der Waals surface area contributed by atoms with Gasteiger partial charge in [0.1, 0.15) is 15.4 Å². The normalized spacial score (nSPS) is 24.9. The van der Waals surface area contributed by atoms with Crippen LogP contribution in [0, 0.1) is 0 Å². The highest BCUT2D eigenvalue weighted by atomic mass is 32.2. The van der Waals surface area contributed by atoms with Gasteiger partial charge in [0.05, 0.1) is 17.8 Å². The van der Waals surface area contributed by atoms with E-state index in [-0.39, 0.29) is 10.6 Å². The molecule has 0 spiro atoms. The summed E-state index contributed by atoms with van der Waals surface area (Å²) in [5.41, 5.74) is 1.08. The summed E-state index contributed by atoms with van der Waals surface area (Å²) < 4.78 is 5.37. The van der Waals surface area contributed by atoms with Gasteiger partial charge in [-0.1, -0.05) is 23.5 Å². The molecule has 0 aliphatic carbocycles. The highest BCUT2D eigenvalue weighted by Gasteiger charge is 2.34. The smallest absolute Gasteiger partial charge is 0.262 e. The third kappa shape index (κ3) is 2.27. The monoisotopic (exact) mass is 326 g/mol. The summed E-state index contributed by atoms with van der Waals surface area (Å²) in [4.78, 5) is 16.1. The van der Waals surface area contributed by atoms with Gasteiger partial charge in [-0.2, -0.15) is 0 Å². The second kappa shape index (κ2) is 5.46. The number of thioether (sulfide) groups is 3. The third-order valence-corrected chi connectivity index (χ3v) is 6.85. The fraction of sp³-hybridized carbons (Fsp3) is 0.308. The van der Waals surface area contributed by atoms with Gasteiger partial charge in [0.25, 0.3) is 5.91 Å². The van der Waals surface area contributed by atoms with Crippen LogP contribution in [0.25, 0.3) is 0 Å². The number of hydrogen-bond donors (Lipinski definition) is 1. The highest BCUT2D eigenvalue weighted by Crippen LogP contribution is 2.50. The van der Waals surface area contributed by atoms with Gasteiger partial charge in [-0.15, -0.1) is 11.8 Å². The van der Waals surface area contributed by atoms with Crippen molar-refractivity contribution < 1.29 is 9.53 Å². The van der Waals surface area contributed by atoms with Crippen LogP contribution in [0.15, 0.2) is 33.0 Å². The van der Waals surface area contributed by atoms with Gasteiger partial charge < -0.3 is 15.0 Å². The van der Waals surface area contributed by atoms with Crippen molar-refractivity contribution >= 4 is 46.9 Å². The quantitative estimate of drug-likeness (QED) is 0.843. The first kappa shape index (κ1) is 14.0. The number of fused-ring (bicyclic) bond motifs is 1. The Kier molecular flexibility index (Phi) is 3.83. The van der Waals surface area contributed by atoms with Gasteiger partial charge in [-0.3, -0.25) is 4.79 Å². The summed E-state index contributed by atoms with van der Waals surface area (Å²) in [5, 5.41) is 3.96. The number of ether oxygens (including phenoxy) is 1. The van der Waals surface area contributed by atoms with Crippen molar-refractivity contribution in [1.82, 2.24) is 5.32 Å². The van der Waals surface area contributed by atoms with E-state index in [9.17, 15) is 4.79 Å². The molecular weight excluding hydrogens is 312 g/mol. The van der Waals surface area contributed by atoms with Gasteiger partial charge in [0.15, 0.2) is 0 Å². The van der Waals surface area contributed by atoms with E-state index < -0.39 is 0 Å². The third-order valence-electron chi connectivity index (χ3n) is 3.13. The van der Waals surface area contributed by atoms with E-state index in [0.717, 1.165) is 26.3 Å². The number of carbonyl (C=O) groups is 1. The maximum absolute atomic E-state index is 12.1. The Morgan fingerprint density at radius 2 is 2.25 bits per heavy atom. The minimum atomic E-state index is 0.0171. The molecule has 2 aliphatic rings. The van der Waals surface area contributed by atoms with Crippen molar-refractivity contribution in [3.8, 4) is 5.75 Å². The molecule has 1 saturated heterocycles. The van der Waals surface area contributed by atoms with Crippen LogP contribution in [0.1, 0.15) is 0 Å². The number of hydrogen-bond acceptors (Lipinski definition) is 6. The molecule has 2 aliphatic heterocycles. The van der Waals surface area contributed by atoms with Crippen molar-refractivity contribution in [2.45, 2.75) is 9.60 Å². The molecule has 1 amide bonds. The van der Waals surface area contributed by atoms with E-state index in [1.54, 1.807) is 42.4 Å². The molecule has 1 fully saturated rings. The Balaban J connectivity index is 1.97. The van der Waals surface area contributed by atoms with Crippen LogP contribution in [0.2, 0.25) is 0 Å². The molecule has 106 valence electrons. The van der Waals surface area contributed by atoms with Gasteiger partial charge in [0.2, 0.25) is 0 Å². The van der Waals surface area contributed by atoms with Gasteiger partial charge in [0, 0.05) is 18.0 Å². The largest absolute Gasteiger partial charge is 0.497 e. The van der Waals surface area contributed by atoms with Crippen molar-refractivity contribution in [2.24, 2.45) is 0 Å². The Morgan fingerprint density at radius 3 is 2.90 bits per heavy atom. The summed E-state index contributed by atoms with van der Waals surface area (Å²) in [5.74, 6) is 0.844. The number of rotatable bonds is 2. The summed E-state index contributed by atoms with van der Waals surface area (Å²) in [7, 11) is 3.65. The molecule has 1 N–H and O–H groups in total. The van der Waals surface area contributed by atoms with Crippen LogP contribution in [0.5, 0.6) is 5.75 Å². The SMILES string of the molecule is COc1ccc2c(c1)N(C)C(=C1SC(SC)NC1=O)S2. The molecule has 1 aromatic carbocycles. The fourth-order valence-corrected chi connectivity index (χ4v) is 5.09. The van der Waals surface area contributed by atoms with E-state index >= 15 is 0 Å². The molecule has 4 nitrogen and oxygen atoms in total. The van der Waals surface area contributed by atoms with E-state index in [4.69, 9.17) is 4.74 Å². The number of benzene rings is 1. The Morgan fingerprint density at radius 1 is 1.45 bits per heavy atom. The Labute approximate surface area is 130 Å². The van der Waals surface area contributed by atoms with Crippen LogP contribution in [-0.4, -0.2) is 31.0 Å². The standard InChI is InChI=1S/C13H14N2O2S3/c1-15-8-6-7(17-2)4-5-9(8)19-12(15)10-11(16)14-13(18-3)20-10/h4-6,13H,1-3H3,(H,14,16). The lowest BCUT2D eigenvalue weighted by Crippen LogP contribution is -2.22. The van der Waals surface area contributed by atoms with Gasteiger partial charge in [-0.25, -0.2) is 0 Å². The minimum Gasteiger partial charge on any atom is -0.497 e. The molecule has 20 heavy (non-hydrogen) atoms. The molecule has 0 saturated carbocycles. The predicted molar refractivity (Wildman–Crippen MR) is 87.3 cm³/mol. The number of nitrogens with one attached hydrogen (secondary N) is 1. The van der Waals surface area contributed by atoms with Crippen LogP contribution in [-0.2, 0) is 4.79 Å². The van der Waals surface area contributed by atoms with E-state index in [1.165, 1.54) is 0 Å². The zero-order chi connectivity index (χ0) is 14.3. The maximum atomic E-state index is 12.1. The minimum absolute atomic E-state index is 0.0171. The lowest BCUT2D eigenvalue weighted by Gasteiger charge is -2.15. The molecule has 0 radical (unpaired) electrons. The van der Waals surface area contributed by atoms with Gasteiger partial charge >= 0.3 is 0 Å². The second-order valence-electron chi connectivity index (χ2n) is 4.29. The lowest BCUT2D eigenvalue weighted by molar-refractivity contribution is -0.116. The number of carbonyl (C=O) groups excluding carboxylic acids is 1. The zero-order valence-electron chi connectivity index (χ0n) is 11.3. The Bertz CT molecular complexity index is 603. The van der Waals surface area contributed by atoms with E-state index in [2.05, 4.69) is 10.2 Å². The van der Waals surface area contributed by atoms with Crippen molar-refractivity contribution in [3.63, 3.8) is 0 Å². The Hall–Kier alpha value is -0.920. The summed E-state index contributed by atoms with van der Waals surface area (Å²) in [6, 6.07) is 5.98. The fourth-order valence-electron chi connectivity index (χ4n) is 2.07. The molecule has 7 heteroatoms. The van der Waals surface area contributed by atoms with E-state index in [1.807, 2.05) is 31.5 Å². The number of nitrogens with zero attached hydrogens (tertiary/aromatic N) is 1. The first-order valence-electron chi connectivity index (χ1n) is 5.98. The van der Waals surface area contributed by atoms with Crippen molar-refractivity contribution in [3.05, 3.63) is 28.1 Å². The highest BCUT2D eigenvalue weighted by molar-refractivity contribution is 8.19. The van der Waals surface area contributed by atoms with Crippen LogP contribution in [0.4, 0.5) is 5.69 Å². The summed E-state index contributed by atoms with van der Waals surface area (Å²) in [6.07, 6.45) is 2.00. The molecule has 1 atom stereocenters. The summed E-state index contributed by atoms with van der Waals surface area (Å²) >= 11 is 4.86. The average Bonchev–Trinajstić information content (AvgIpc) is 2.99. The van der Waals surface area contributed by atoms with Crippen LogP contribution in [0.3, 0.4) is 0 Å². The molecule has 1 aromatic rings. The van der Waals surface area contributed by atoms with E-state index in [0.29, 0.717) is 0 Å². The maximum Gasteiger partial charge on any atom is 0.262 e. The first-order valence-corrected chi connectivity index (χ1v) is 8.96.